The van der Waals surface area contributed by atoms with Crippen molar-refractivity contribution in [3.05, 3.63) is 54.1 Å². The number of para-hydroxylation sites is 2. The SMILES string of the molecule is CCOc1ccccc1N(CC(=O)NCCOc1ccc(C(C)(C)C)cc1)S(C)(=O)=O. The molecule has 0 unspecified atom stereocenters. The minimum Gasteiger partial charge on any atom is -0.492 e. The van der Waals surface area contributed by atoms with Gasteiger partial charge >= 0.3 is 0 Å². The van der Waals surface area contributed by atoms with Crippen LogP contribution >= 0.6 is 0 Å². The molecular formula is C23H32N2O5S. The van der Waals surface area contributed by atoms with E-state index < -0.39 is 15.9 Å². The van der Waals surface area contributed by atoms with Crippen molar-refractivity contribution in [2.24, 2.45) is 0 Å². The number of anilines is 1. The fourth-order valence-electron chi connectivity index (χ4n) is 2.92. The first-order valence-electron chi connectivity index (χ1n) is 10.2. The molecule has 0 aliphatic rings. The van der Waals surface area contributed by atoms with E-state index in [4.69, 9.17) is 9.47 Å². The first-order valence-corrected chi connectivity index (χ1v) is 12.1. The van der Waals surface area contributed by atoms with Crippen LogP contribution in [0.2, 0.25) is 0 Å². The van der Waals surface area contributed by atoms with Gasteiger partial charge in [0.05, 0.1) is 25.1 Å². The molecule has 0 saturated carbocycles. The molecule has 170 valence electrons. The minimum absolute atomic E-state index is 0.0682. The van der Waals surface area contributed by atoms with Crippen molar-refractivity contribution in [3.63, 3.8) is 0 Å². The van der Waals surface area contributed by atoms with E-state index in [1.807, 2.05) is 31.2 Å². The Morgan fingerprint density at radius 2 is 1.68 bits per heavy atom. The number of sulfonamides is 1. The van der Waals surface area contributed by atoms with Crippen LogP contribution in [0.5, 0.6) is 11.5 Å². The van der Waals surface area contributed by atoms with E-state index in [0.29, 0.717) is 23.8 Å². The smallest absolute Gasteiger partial charge is 0.240 e. The van der Waals surface area contributed by atoms with Gasteiger partial charge in [-0.1, -0.05) is 45.0 Å². The summed E-state index contributed by atoms with van der Waals surface area (Å²) in [5.74, 6) is 0.694. The number of rotatable bonds is 10. The zero-order valence-corrected chi connectivity index (χ0v) is 19.7. The Labute approximate surface area is 185 Å². The van der Waals surface area contributed by atoms with E-state index in [1.165, 1.54) is 5.56 Å². The summed E-state index contributed by atoms with van der Waals surface area (Å²) in [5, 5.41) is 2.70. The molecule has 0 radical (unpaired) electrons. The Balaban J connectivity index is 1.92. The standard InChI is InChI=1S/C23H32N2O5S/c1-6-29-21-10-8-7-9-20(21)25(31(5,27)28)17-22(26)24-15-16-30-19-13-11-18(12-14-19)23(2,3)4/h7-14H,6,15-17H2,1-5H3,(H,24,26). The first-order chi connectivity index (χ1) is 14.5. The lowest BCUT2D eigenvalue weighted by Gasteiger charge is -2.24. The molecule has 0 saturated heterocycles. The molecule has 0 aromatic heterocycles. The van der Waals surface area contributed by atoms with Crippen LogP contribution in [0.15, 0.2) is 48.5 Å². The predicted octanol–water partition coefficient (Wildman–Crippen LogP) is 3.34. The lowest BCUT2D eigenvalue weighted by Crippen LogP contribution is -2.41. The van der Waals surface area contributed by atoms with E-state index in [0.717, 1.165) is 10.6 Å². The van der Waals surface area contributed by atoms with E-state index in [-0.39, 0.29) is 25.1 Å². The second-order valence-electron chi connectivity index (χ2n) is 8.14. The summed E-state index contributed by atoms with van der Waals surface area (Å²) in [7, 11) is -3.68. The Morgan fingerprint density at radius 3 is 2.26 bits per heavy atom. The molecule has 2 aromatic carbocycles. The Kier molecular flexibility index (Phi) is 8.33. The fraction of sp³-hybridized carbons (Fsp3) is 0.435. The highest BCUT2D eigenvalue weighted by Gasteiger charge is 2.23. The van der Waals surface area contributed by atoms with Gasteiger partial charge in [-0.15, -0.1) is 0 Å². The van der Waals surface area contributed by atoms with Crippen LogP contribution in [0.25, 0.3) is 0 Å². The molecule has 0 bridgehead atoms. The molecular weight excluding hydrogens is 416 g/mol. The van der Waals surface area contributed by atoms with Crippen molar-refractivity contribution >= 4 is 21.6 Å². The highest BCUT2D eigenvalue weighted by molar-refractivity contribution is 7.92. The summed E-state index contributed by atoms with van der Waals surface area (Å²) in [5.41, 5.74) is 1.61. The maximum atomic E-state index is 12.4. The van der Waals surface area contributed by atoms with Gasteiger partial charge in [0.1, 0.15) is 24.7 Å². The number of carbonyl (C=O) groups is 1. The molecule has 8 heteroatoms. The Morgan fingerprint density at radius 1 is 1.03 bits per heavy atom. The molecule has 2 aromatic rings. The number of hydrogen-bond donors (Lipinski definition) is 1. The number of benzene rings is 2. The number of ether oxygens (including phenoxy) is 2. The van der Waals surface area contributed by atoms with Gasteiger partial charge in [-0.25, -0.2) is 8.42 Å². The molecule has 0 atom stereocenters. The second kappa shape index (κ2) is 10.5. The zero-order valence-electron chi connectivity index (χ0n) is 18.8. The maximum Gasteiger partial charge on any atom is 0.240 e. The lowest BCUT2D eigenvalue weighted by atomic mass is 9.87. The average Bonchev–Trinajstić information content (AvgIpc) is 2.69. The van der Waals surface area contributed by atoms with Crippen LogP contribution < -0.4 is 19.1 Å². The van der Waals surface area contributed by atoms with Crippen LogP contribution in [0.4, 0.5) is 5.69 Å². The third kappa shape index (κ3) is 7.47. The van der Waals surface area contributed by atoms with Gasteiger partial charge in [0.15, 0.2) is 0 Å². The quantitative estimate of drug-likeness (QED) is 0.564. The maximum absolute atomic E-state index is 12.4. The van der Waals surface area contributed by atoms with E-state index in [2.05, 4.69) is 26.1 Å². The van der Waals surface area contributed by atoms with Crippen LogP contribution in [-0.2, 0) is 20.2 Å². The van der Waals surface area contributed by atoms with Gasteiger partial charge in [0, 0.05) is 0 Å². The van der Waals surface area contributed by atoms with Gasteiger partial charge in [-0.05, 0) is 42.2 Å². The number of amides is 1. The zero-order chi connectivity index (χ0) is 23.1. The largest absolute Gasteiger partial charge is 0.492 e. The Bertz CT molecular complexity index is 966. The van der Waals surface area contributed by atoms with Gasteiger partial charge in [-0.3, -0.25) is 9.10 Å². The van der Waals surface area contributed by atoms with Crippen LogP contribution in [0.3, 0.4) is 0 Å². The van der Waals surface area contributed by atoms with Crippen molar-refractivity contribution in [1.29, 1.82) is 0 Å². The fourth-order valence-corrected chi connectivity index (χ4v) is 3.78. The van der Waals surface area contributed by atoms with Crippen molar-refractivity contribution in [2.75, 3.05) is 36.9 Å². The third-order valence-electron chi connectivity index (χ3n) is 4.53. The molecule has 1 N–H and O–H groups in total. The van der Waals surface area contributed by atoms with Crippen LogP contribution in [-0.4, -0.2) is 46.9 Å². The van der Waals surface area contributed by atoms with Gasteiger partial charge in [0.2, 0.25) is 15.9 Å². The topological polar surface area (TPSA) is 84.9 Å². The molecule has 0 heterocycles. The summed E-state index contributed by atoms with van der Waals surface area (Å²) < 4.78 is 36.8. The molecule has 7 nitrogen and oxygen atoms in total. The molecule has 0 spiro atoms. The monoisotopic (exact) mass is 448 g/mol. The molecule has 1 amide bonds. The van der Waals surface area contributed by atoms with Crippen LogP contribution in [0, 0.1) is 0 Å². The van der Waals surface area contributed by atoms with Crippen LogP contribution in [0.1, 0.15) is 33.3 Å². The molecule has 0 fully saturated rings. The normalized spacial score (nSPS) is 11.6. The number of carbonyl (C=O) groups excluding carboxylic acids is 1. The molecule has 31 heavy (non-hydrogen) atoms. The van der Waals surface area contributed by atoms with Crippen molar-refractivity contribution < 1.29 is 22.7 Å². The molecule has 2 rings (SSSR count). The summed E-state index contributed by atoms with van der Waals surface area (Å²) >= 11 is 0. The first kappa shape index (κ1) is 24.5. The second-order valence-corrected chi connectivity index (χ2v) is 10.0. The summed E-state index contributed by atoms with van der Waals surface area (Å²) in [6.45, 7) is 8.81. The highest BCUT2D eigenvalue weighted by atomic mass is 32.2. The van der Waals surface area contributed by atoms with Crippen molar-refractivity contribution in [1.82, 2.24) is 5.32 Å². The van der Waals surface area contributed by atoms with Crippen molar-refractivity contribution in [2.45, 2.75) is 33.1 Å². The molecule has 0 aliphatic carbocycles. The molecule has 0 aliphatic heterocycles. The minimum atomic E-state index is -3.68. The van der Waals surface area contributed by atoms with E-state index >= 15 is 0 Å². The van der Waals surface area contributed by atoms with E-state index in [1.54, 1.807) is 24.3 Å². The number of nitrogens with zero attached hydrogens (tertiary/aromatic N) is 1. The lowest BCUT2D eigenvalue weighted by molar-refractivity contribution is -0.119. The van der Waals surface area contributed by atoms with Gasteiger partial charge < -0.3 is 14.8 Å². The number of nitrogens with one attached hydrogen (secondary N) is 1. The summed E-state index contributed by atoms with van der Waals surface area (Å²) in [6, 6.07) is 14.6. The van der Waals surface area contributed by atoms with Crippen molar-refractivity contribution in [3.8, 4) is 11.5 Å². The highest BCUT2D eigenvalue weighted by Crippen LogP contribution is 2.29. The third-order valence-corrected chi connectivity index (χ3v) is 5.66. The summed E-state index contributed by atoms with van der Waals surface area (Å²) in [6.07, 6.45) is 1.06. The summed E-state index contributed by atoms with van der Waals surface area (Å²) in [4.78, 5) is 12.4. The number of hydrogen-bond acceptors (Lipinski definition) is 5. The average molecular weight is 449 g/mol. The Hall–Kier alpha value is -2.74. The van der Waals surface area contributed by atoms with Gasteiger partial charge in [0.25, 0.3) is 0 Å². The van der Waals surface area contributed by atoms with E-state index in [9.17, 15) is 13.2 Å². The van der Waals surface area contributed by atoms with Gasteiger partial charge in [-0.2, -0.15) is 0 Å². The predicted molar refractivity (Wildman–Crippen MR) is 123 cm³/mol.